The Balaban J connectivity index is 2.88. The summed E-state index contributed by atoms with van der Waals surface area (Å²) in [5, 5.41) is 0. The van der Waals surface area contributed by atoms with E-state index in [2.05, 4.69) is 13.8 Å². The van der Waals surface area contributed by atoms with E-state index < -0.39 is 0 Å². The van der Waals surface area contributed by atoms with Crippen LogP contribution in [0.1, 0.15) is 46.0 Å². The first-order valence-electron chi connectivity index (χ1n) is 4.02. The standard InChI is InChI=1S/C8H17.Sn/c1-3-5-7-8-6-4-2;/h5H,3-4,6-8H2,1-2H3;. The van der Waals surface area contributed by atoms with E-state index >= 15 is 0 Å². The Morgan fingerprint density at radius 2 is 1.89 bits per heavy atom. The molecule has 0 aliphatic heterocycles. The van der Waals surface area contributed by atoms with Crippen molar-refractivity contribution in [3.05, 3.63) is 0 Å². The average molecular weight is 232 g/mol. The average Bonchev–Trinajstić information content (AvgIpc) is 1.89. The molecule has 0 saturated heterocycles. The fraction of sp³-hybridized carbons (Fsp3) is 1.00. The Bertz CT molecular complexity index is 52.5. The molecule has 0 aromatic carbocycles. The van der Waals surface area contributed by atoms with Crippen molar-refractivity contribution >= 4 is 22.5 Å². The molecule has 0 N–H and O–H groups in total. The Morgan fingerprint density at radius 1 is 1.22 bits per heavy atom. The van der Waals surface area contributed by atoms with Gasteiger partial charge in [-0.3, -0.25) is 0 Å². The first-order chi connectivity index (χ1) is 4.31. The molecule has 0 spiro atoms. The molecule has 0 bridgehead atoms. The number of unbranched alkanes of at least 4 members (excludes halogenated alkanes) is 2. The molecule has 0 rings (SSSR count). The summed E-state index contributed by atoms with van der Waals surface area (Å²) in [6.07, 6.45) is 7.13. The molecule has 0 aromatic heterocycles. The van der Waals surface area contributed by atoms with E-state index in [9.17, 15) is 0 Å². The topological polar surface area (TPSA) is 0 Å². The minimum absolute atomic E-state index is 1.05. The van der Waals surface area contributed by atoms with Crippen molar-refractivity contribution in [3.8, 4) is 0 Å². The molecule has 53 valence electrons. The maximum absolute atomic E-state index is 2.30. The van der Waals surface area contributed by atoms with Gasteiger partial charge in [-0.1, -0.05) is 0 Å². The van der Waals surface area contributed by atoms with Crippen LogP contribution in [0.5, 0.6) is 0 Å². The molecule has 0 fully saturated rings. The van der Waals surface area contributed by atoms with Crippen LogP contribution in [0.25, 0.3) is 0 Å². The van der Waals surface area contributed by atoms with Gasteiger partial charge in [-0.25, -0.2) is 0 Å². The number of hydrogen-bond acceptors (Lipinski definition) is 0. The second-order valence-corrected chi connectivity index (χ2v) is 4.93. The van der Waals surface area contributed by atoms with Gasteiger partial charge < -0.3 is 0 Å². The molecule has 1 atom stereocenters. The van der Waals surface area contributed by atoms with Crippen molar-refractivity contribution in [2.45, 2.75) is 49.9 Å². The van der Waals surface area contributed by atoms with Crippen LogP contribution in [0.4, 0.5) is 0 Å². The molecule has 0 amide bonds. The third-order valence-electron chi connectivity index (χ3n) is 1.65. The van der Waals surface area contributed by atoms with Crippen LogP contribution in [0, 0.1) is 0 Å². The van der Waals surface area contributed by atoms with Crippen LogP contribution < -0.4 is 0 Å². The van der Waals surface area contributed by atoms with Gasteiger partial charge in [-0.05, 0) is 0 Å². The van der Waals surface area contributed by atoms with Crippen LogP contribution in [0.2, 0.25) is 3.93 Å². The van der Waals surface area contributed by atoms with Gasteiger partial charge in [0.1, 0.15) is 0 Å². The fourth-order valence-corrected chi connectivity index (χ4v) is 1.43. The summed E-state index contributed by atoms with van der Waals surface area (Å²) in [4.78, 5) is 0. The van der Waals surface area contributed by atoms with Crippen LogP contribution >= 0.6 is 0 Å². The summed E-state index contributed by atoms with van der Waals surface area (Å²) in [6.45, 7) is 4.56. The Hall–Kier alpha value is 0.799. The molecule has 0 nitrogen and oxygen atoms in total. The molecule has 9 heavy (non-hydrogen) atoms. The van der Waals surface area contributed by atoms with E-state index in [1.54, 1.807) is 22.5 Å². The van der Waals surface area contributed by atoms with E-state index in [1.807, 2.05) is 0 Å². The van der Waals surface area contributed by atoms with E-state index in [1.165, 1.54) is 32.1 Å². The monoisotopic (exact) mass is 233 g/mol. The molecular weight excluding hydrogens is 215 g/mol. The Kier molecular flexibility index (Phi) is 7.53. The molecule has 0 heterocycles. The molecule has 0 saturated carbocycles. The molecule has 1 unspecified atom stereocenters. The van der Waals surface area contributed by atoms with Crippen molar-refractivity contribution in [1.29, 1.82) is 0 Å². The molecule has 0 aromatic rings. The third kappa shape index (κ3) is 6.69. The van der Waals surface area contributed by atoms with E-state index in [0.717, 1.165) is 3.93 Å². The van der Waals surface area contributed by atoms with Crippen molar-refractivity contribution in [3.63, 3.8) is 0 Å². The third-order valence-corrected chi connectivity index (χ3v) is 3.64. The van der Waals surface area contributed by atoms with Gasteiger partial charge in [0.05, 0.1) is 0 Å². The van der Waals surface area contributed by atoms with Gasteiger partial charge >= 0.3 is 72.4 Å². The maximum atomic E-state index is 2.30. The number of rotatable bonds is 5. The second-order valence-electron chi connectivity index (χ2n) is 2.60. The first-order valence-corrected chi connectivity index (χ1v) is 5.67. The normalized spacial score (nSPS) is 13.7. The fourth-order valence-electron chi connectivity index (χ4n) is 0.845. The van der Waals surface area contributed by atoms with E-state index in [0.29, 0.717) is 0 Å². The molecule has 3 radical (unpaired) electrons. The summed E-state index contributed by atoms with van der Waals surface area (Å²) < 4.78 is 1.05. The summed E-state index contributed by atoms with van der Waals surface area (Å²) in [5.41, 5.74) is 0. The molecular formula is C8H17Sn. The zero-order chi connectivity index (χ0) is 7.11. The van der Waals surface area contributed by atoms with Gasteiger partial charge in [-0.15, -0.1) is 0 Å². The van der Waals surface area contributed by atoms with Gasteiger partial charge in [0.25, 0.3) is 0 Å². The van der Waals surface area contributed by atoms with Crippen LogP contribution in [-0.2, 0) is 0 Å². The van der Waals surface area contributed by atoms with Crippen molar-refractivity contribution in [2.75, 3.05) is 0 Å². The second kappa shape index (κ2) is 6.91. The zero-order valence-corrected chi connectivity index (χ0v) is 9.47. The van der Waals surface area contributed by atoms with Crippen molar-refractivity contribution < 1.29 is 0 Å². The van der Waals surface area contributed by atoms with E-state index in [4.69, 9.17) is 0 Å². The predicted octanol–water partition coefficient (Wildman–Crippen LogP) is 2.93. The number of hydrogen-bond donors (Lipinski definition) is 0. The molecule has 0 aliphatic carbocycles. The predicted molar refractivity (Wildman–Crippen MR) is 43.9 cm³/mol. The van der Waals surface area contributed by atoms with Crippen molar-refractivity contribution in [2.24, 2.45) is 0 Å². The van der Waals surface area contributed by atoms with Crippen LogP contribution in [-0.4, -0.2) is 22.5 Å². The quantitative estimate of drug-likeness (QED) is 0.504. The summed E-state index contributed by atoms with van der Waals surface area (Å²) >= 11 is 1.74. The van der Waals surface area contributed by atoms with Gasteiger partial charge in [0, 0.05) is 0 Å². The van der Waals surface area contributed by atoms with Crippen LogP contribution in [0.15, 0.2) is 0 Å². The Morgan fingerprint density at radius 3 is 2.33 bits per heavy atom. The molecule has 0 aliphatic rings. The van der Waals surface area contributed by atoms with Gasteiger partial charge in [-0.2, -0.15) is 0 Å². The van der Waals surface area contributed by atoms with E-state index in [-0.39, 0.29) is 0 Å². The summed E-state index contributed by atoms with van der Waals surface area (Å²) in [5.74, 6) is 0. The summed E-state index contributed by atoms with van der Waals surface area (Å²) in [6, 6.07) is 0. The van der Waals surface area contributed by atoms with Gasteiger partial charge in [0.2, 0.25) is 0 Å². The first kappa shape index (κ1) is 9.80. The van der Waals surface area contributed by atoms with Crippen molar-refractivity contribution in [1.82, 2.24) is 0 Å². The SMILES string of the molecule is CCCCC[CH]([Sn])CC. The summed E-state index contributed by atoms with van der Waals surface area (Å²) in [7, 11) is 0. The molecule has 1 heteroatoms. The minimum atomic E-state index is 1.05. The zero-order valence-electron chi connectivity index (χ0n) is 6.61. The van der Waals surface area contributed by atoms with Gasteiger partial charge in [0.15, 0.2) is 0 Å². The van der Waals surface area contributed by atoms with Crippen LogP contribution in [0.3, 0.4) is 0 Å². The Labute approximate surface area is 72.5 Å².